The van der Waals surface area contributed by atoms with E-state index in [0.717, 1.165) is 48.6 Å². The topological polar surface area (TPSA) is 87.1 Å². The van der Waals surface area contributed by atoms with Crippen LogP contribution in [-0.2, 0) is 0 Å². The van der Waals surface area contributed by atoms with E-state index >= 15 is 0 Å². The first-order valence-electron chi connectivity index (χ1n) is 10.6. The Morgan fingerprint density at radius 1 is 1.00 bits per heavy atom. The second-order valence-electron chi connectivity index (χ2n) is 8.00. The van der Waals surface area contributed by atoms with Gasteiger partial charge in [-0.2, -0.15) is 0 Å². The van der Waals surface area contributed by atoms with E-state index < -0.39 is 0 Å². The van der Waals surface area contributed by atoms with Gasteiger partial charge in [-0.3, -0.25) is 9.78 Å². The van der Waals surface area contributed by atoms with Crippen molar-refractivity contribution in [2.75, 3.05) is 43.4 Å². The fraction of sp³-hybridized carbons (Fsp3) is 0.208. The minimum absolute atomic E-state index is 0.241. The van der Waals surface area contributed by atoms with Gasteiger partial charge in [0, 0.05) is 73.5 Å². The molecule has 1 N–H and O–H groups in total. The number of anilines is 2. The SMILES string of the molecule is CN1CCN(c2cc(C(=O)Nc3cc4nc(-c5cncc(Cl)c5)ccc4cn3)ccn2)CC1. The first kappa shape index (κ1) is 21.2. The van der Waals surface area contributed by atoms with Crippen LogP contribution in [0.3, 0.4) is 0 Å². The molecule has 1 aliphatic heterocycles. The Morgan fingerprint density at radius 3 is 2.67 bits per heavy atom. The molecule has 4 aromatic heterocycles. The zero-order chi connectivity index (χ0) is 22.8. The quantitative estimate of drug-likeness (QED) is 0.497. The summed E-state index contributed by atoms with van der Waals surface area (Å²) in [5.41, 5.74) is 2.81. The van der Waals surface area contributed by atoms with Crippen LogP contribution >= 0.6 is 11.6 Å². The Labute approximate surface area is 196 Å². The zero-order valence-electron chi connectivity index (χ0n) is 18.1. The van der Waals surface area contributed by atoms with Gasteiger partial charge in [0.1, 0.15) is 11.6 Å². The molecule has 0 radical (unpaired) electrons. The number of carbonyl (C=O) groups excluding carboxylic acids is 1. The number of halogens is 1. The molecule has 1 amide bonds. The summed E-state index contributed by atoms with van der Waals surface area (Å²) >= 11 is 6.06. The van der Waals surface area contributed by atoms with Crippen molar-refractivity contribution in [2.24, 2.45) is 0 Å². The van der Waals surface area contributed by atoms with E-state index in [1.165, 1.54) is 0 Å². The van der Waals surface area contributed by atoms with Crippen LogP contribution in [-0.4, -0.2) is 64.0 Å². The number of hydrogen-bond acceptors (Lipinski definition) is 7. The van der Waals surface area contributed by atoms with Gasteiger partial charge in [0.2, 0.25) is 0 Å². The van der Waals surface area contributed by atoms with E-state index in [9.17, 15) is 4.79 Å². The van der Waals surface area contributed by atoms with Crippen LogP contribution in [0.2, 0.25) is 5.02 Å². The molecule has 8 nitrogen and oxygen atoms in total. The molecule has 1 saturated heterocycles. The number of nitrogens with one attached hydrogen (secondary N) is 1. The van der Waals surface area contributed by atoms with Crippen molar-refractivity contribution in [1.82, 2.24) is 24.8 Å². The van der Waals surface area contributed by atoms with Crippen molar-refractivity contribution in [3.8, 4) is 11.3 Å². The molecule has 0 atom stereocenters. The summed E-state index contributed by atoms with van der Waals surface area (Å²) < 4.78 is 0. The molecule has 0 unspecified atom stereocenters. The molecule has 0 aromatic carbocycles. The Kier molecular flexibility index (Phi) is 5.85. The van der Waals surface area contributed by atoms with E-state index in [0.29, 0.717) is 21.9 Å². The zero-order valence-corrected chi connectivity index (χ0v) is 18.8. The van der Waals surface area contributed by atoms with Crippen LogP contribution in [0.1, 0.15) is 10.4 Å². The molecular weight excluding hydrogens is 438 g/mol. The number of hydrogen-bond donors (Lipinski definition) is 1. The number of pyridine rings is 4. The summed E-state index contributed by atoms with van der Waals surface area (Å²) in [4.78, 5) is 35.0. The number of likely N-dealkylation sites (N-methyl/N-ethyl adjacent to an activating group) is 1. The van der Waals surface area contributed by atoms with E-state index in [1.54, 1.807) is 36.9 Å². The van der Waals surface area contributed by atoms with Gasteiger partial charge in [0.05, 0.1) is 16.2 Å². The molecular formula is C24H22ClN7O. The molecule has 33 heavy (non-hydrogen) atoms. The molecule has 166 valence electrons. The van der Waals surface area contributed by atoms with Crippen molar-refractivity contribution in [1.29, 1.82) is 0 Å². The normalized spacial score (nSPS) is 14.4. The maximum absolute atomic E-state index is 12.9. The first-order valence-corrected chi connectivity index (χ1v) is 11.0. The fourth-order valence-corrected chi connectivity index (χ4v) is 3.93. The molecule has 1 aliphatic rings. The fourth-order valence-electron chi connectivity index (χ4n) is 3.75. The van der Waals surface area contributed by atoms with Gasteiger partial charge < -0.3 is 15.1 Å². The molecule has 5 heterocycles. The lowest BCUT2D eigenvalue weighted by molar-refractivity contribution is 0.102. The standard InChI is InChI=1S/C24H22ClN7O/c1-31-6-8-32(9-7-31)23-11-16(4-5-27-23)24(33)30-22-12-21-17(14-28-22)2-3-20(29-21)18-10-19(25)15-26-13-18/h2-5,10-15H,6-9H2,1H3,(H,28,30,33). The summed E-state index contributed by atoms with van der Waals surface area (Å²) in [6.07, 6.45) is 6.66. The third kappa shape index (κ3) is 4.76. The maximum atomic E-state index is 12.9. The molecule has 0 bridgehead atoms. The highest BCUT2D eigenvalue weighted by atomic mass is 35.5. The predicted molar refractivity (Wildman–Crippen MR) is 130 cm³/mol. The van der Waals surface area contributed by atoms with Crippen molar-refractivity contribution in [3.05, 3.63) is 71.8 Å². The number of carbonyl (C=O) groups is 1. The molecule has 1 fully saturated rings. The van der Waals surface area contributed by atoms with Crippen LogP contribution in [0.15, 0.2) is 61.2 Å². The minimum Gasteiger partial charge on any atom is -0.354 e. The monoisotopic (exact) mass is 459 g/mol. The first-order chi connectivity index (χ1) is 16.0. The lowest BCUT2D eigenvalue weighted by Gasteiger charge is -2.33. The van der Waals surface area contributed by atoms with Crippen LogP contribution in [0.5, 0.6) is 0 Å². The Hall–Kier alpha value is -3.62. The van der Waals surface area contributed by atoms with E-state index in [2.05, 4.69) is 37.1 Å². The van der Waals surface area contributed by atoms with Gasteiger partial charge in [-0.1, -0.05) is 11.6 Å². The summed E-state index contributed by atoms with van der Waals surface area (Å²) in [5.74, 6) is 0.998. The minimum atomic E-state index is -0.241. The number of piperazine rings is 1. The van der Waals surface area contributed by atoms with Crippen molar-refractivity contribution in [3.63, 3.8) is 0 Å². The molecule has 4 aromatic rings. The summed E-state index contributed by atoms with van der Waals surface area (Å²) in [7, 11) is 2.11. The van der Waals surface area contributed by atoms with E-state index in [1.807, 2.05) is 24.3 Å². The third-order valence-corrected chi connectivity index (χ3v) is 5.86. The lowest BCUT2D eigenvalue weighted by atomic mass is 10.1. The van der Waals surface area contributed by atoms with Crippen LogP contribution in [0.4, 0.5) is 11.6 Å². The molecule has 0 aliphatic carbocycles. The molecule has 5 rings (SSSR count). The highest BCUT2D eigenvalue weighted by Gasteiger charge is 2.17. The Bertz CT molecular complexity index is 1320. The number of rotatable bonds is 4. The Morgan fingerprint density at radius 2 is 1.85 bits per heavy atom. The summed E-state index contributed by atoms with van der Waals surface area (Å²) in [6, 6.07) is 10.9. The smallest absolute Gasteiger partial charge is 0.257 e. The van der Waals surface area contributed by atoms with Crippen molar-refractivity contribution >= 4 is 40.0 Å². The van der Waals surface area contributed by atoms with Gasteiger partial charge in [0.25, 0.3) is 5.91 Å². The highest BCUT2D eigenvalue weighted by Crippen LogP contribution is 2.24. The largest absolute Gasteiger partial charge is 0.354 e. The van der Waals surface area contributed by atoms with Gasteiger partial charge in [-0.25, -0.2) is 15.0 Å². The molecule has 9 heteroatoms. The summed E-state index contributed by atoms with van der Waals surface area (Å²) in [6.45, 7) is 3.71. The van der Waals surface area contributed by atoms with Crippen LogP contribution in [0.25, 0.3) is 22.2 Å². The molecule has 0 saturated carbocycles. The maximum Gasteiger partial charge on any atom is 0.257 e. The van der Waals surface area contributed by atoms with E-state index in [4.69, 9.17) is 16.6 Å². The lowest BCUT2D eigenvalue weighted by Crippen LogP contribution is -2.44. The van der Waals surface area contributed by atoms with Gasteiger partial charge >= 0.3 is 0 Å². The highest BCUT2D eigenvalue weighted by molar-refractivity contribution is 6.30. The van der Waals surface area contributed by atoms with Gasteiger partial charge in [0.15, 0.2) is 0 Å². The van der Waals surface area contributed by atoms with Crippen molar-refractivity contribution in [2.45, 2.75) is 0 Å². The molecule has 0 spiro atoms. The third-order valence-electron chi connectivity index (χ3n) is 5.65. The number of aromatic nitrogens is 4. The second-order valence-corrected chi connectivity index (χ2v) is 8.43. The van der Waals surface area contributed by atoms with Crippen LogP contribution < -0.4 is 10.2 Å². The average Bonchev–Trinajstić information content (AvgIpc) is 2.84. The average molecular weight is 460 g/mol. The Balaban J connectivity index is 1.36. The number of fused-ring (bicyclic) bond motifs is 1. The van der Waals surface area contributed by atoms with E-state index in [-0.39, 0.29) is 5.91 Å². The summed E-state index contributed by atoms with van der Waals surface area (Å²) in [5, 5.41) is 4.29. The van der Waals surface area contributed by atoms with Crippen molar-refractivity contribution < 1.29 is 4.79 Å². The van der Waals surface area contributed by atoms with Crippen LogP contribution in [0, 0.1) is 0 Å². The number of amides is 1. The number of nitrogens with zero attached hydrogens (tertiary/aromatic N) is 6. The van der Waals surface area contributed by atoms with Gasteiger partial charge in [-0.05, 0) is 37.4 Å². The van der Waals surface area contributed by atoms with Gasteiger partial charge in [-0.15, -0.1) is 0 Å². The second kappa shape index (κ2) is 9.09. The predicted octanol–water partition coefficient (Wildman–Crippen LogP) is 3.74.